The van der Waals surface area contributed by atoms with Crippen LogP contribution in [-0.2, 0) is 0 Å². The van der Waals surface area contributed by atoms with Crippen molar-refractivity contribution in [2.24, 2.45) is 5.92 Å². The molecular weight excluding hydrogens is 208 g/mol. The highest BCUT2D eigenvalue weighted by molar-refractivity contribution is 7.09. The number of aryl methyl sites for hydroxylation is 1. The Morgan fingerprint density at radius 2 is 2.40 bits per heavy atom. The van der Waals surface area contributed by atoms with Crippen LogP contribution in [-0.4, -0.2) is 35.0 Å². The maximum Gasteiger partial charge on any atom is 0.205 e. The van der Waals surface area contributed by atoms with Crippen molar-refractivity contribution in [2.45, 2.75) is 25.8 Å². The van der Waals surface area contributed by atoms with Crippen molar-refractivity contribution < 1.29 is 0 Å². The first-order valence-corrected chi connectivity index (χ1v) is 6.39. The van der Waals surface area contributed by atoms with Crippen molar-refractivity contribution in [3.63, 3.8) is 0 Å². The molecule has 0 radical (unpaired) electrons. The average molecular weight is 224 g/mol. The summed E-state index contributed by atoms with van der Waals surface area (Å²) in [6.07, 6.45) is 2.69. The van der Waals surface area contributed by atoms with Gasteiger partial charge in [0.1, 0.15) is 5.82 Å². The van der Waals surface area contributed by atoms with Crippen LogP contribution < -0.4 is 10.2 Å². The van der Waals surface area contributed by atoms with Crippen LogP contribution >= 0.6 is 11.5 Å². The SMILES string of the molecule is Cc1nsc(N2C[C@@H]3CCCN[C@@H]3C2)n1. The van der Waals surface area contributed by atoms with E-state index in [-0.39, 0.29) is 0 Å². The topological polar surface area (TPSA) is 41.1 Å². The molecule has 3 heterocycles. The fourth-order valence-electron chi connectivity index (χ4n) is 2.62. The van der Waals surface area contributed by atoms with Gasteiger partial charge in [0.2, 0.25) is 5.13 Å². The molecule has 0 bridgehead atoms. The maximum atomic E-state index is 4.46. The largest absolute Gasteiger partial charge is 0.345 e. The van der Waals surface area contributed by atoms with E-state index in [9.17, 15) is 0 Å². The van der Waals surface area contributed by atoms with Gasteiger partial charge in [0.25, 0.3) is 0 Å². The van der Waals surface area contributed by atoms with Gasteiger partial charge in [0.05, 0.1) is 0 Å². The number of hydrogen-bond donors (Lipinski definition) is 1. The van der Waals surface area contributed by atoms with Crippen LogP contribution in [0.1, 0.15) is 18.7 Å². The molecule has 4 nitrogen and oxygen atoms in total. The van der Waals surface area contributed by atoms with Gasteiger partial charge in [-0.25, -0.2) is 4.98 Å². The van der Waals surface area contributed by atoms with Crippen molar-refractivity contribution in [1.82, 2.24) is 14.7 Å². The van der Waals surface area contributed by atoms with Crippen LogP contribution in [0.5, 0.6) is 0 Å². The molecule has 0 saturated carbocycles. The third kappa shape index (κ3) is 1.74. The van der Waals surface area contributed by atoms with E-state index in [0.717, 1.165) is 30.0 Å². The van der Waals surface area contributed by atoms with Gasteiger partial charge < -0.3 is 10.2 Å². The Labute approximate surface area is 93.9 Å². The van der Waals surface area contributed by atoms with E-state index in [0.29, 0.717) is 6.04 Å². The summed E-state index contributed by atoms with van der Waals surface area (Å²) in [5, 5.41) is 4.70. The first-order chi connectivity index (χ1) is 7.33. The molecule has 2 aliphatic rings. The van der Waals surface area contributed by atoms with E-state index in [1.54, 1.807) is 0 Å². The highest BCUT2D eigenvalue weighted by atomic mass is 32.1. The monoisotopic (exact) mass is 224 g/mol. The Bertz CT molecular complexity index is 337. The fourth-order valence-corrected chi connectivity index (χ4v) is 3.31. The molecule has 0 amide bonds. The van der Waals surface area contributed by atoms with Crippen LogP contribution in [0.25, 0.3) is 0 Å². The summed E-state index contributed by atoms with van der Waals surface area (Å²) in [4.78, 5) is 6.84. The zero-order valence-corrected chi connectivity index (χ0v) is 9.76. The van der Waals surface area contributed by atoms with E-state index in [1.807, 2.05) is 6.92 Å². The standard InChI is InChI=1S/C10H16N4S/c1-7-12-10(15-13-7)14-5-8-3-2-4-11-9(8)6-14/h8-9,11H,2-6H2,1H3/t8-,9+/m0/s1. The molecule has 82 valence electrons. The molecule has 0 unspecified atom stereocenters. The minimum atomic E-state index is 0.683. The van der Waals surface area contributed by atoms with E-state index >= 15 is 0 Å². The highest BCUT2D eigenvalue weighted by Gasteiger charge is 2.35. The third-order valence-electron chi connectivity index (χ3n) is 3.39. The summed E-state index contributed by atoms with van der Waals surface area (Å²) in [7, 11) is 0. The molecule has 5 heteroatoms. The molecule has 1 aromatic rings. The third-order valence-corrected chi connectivity index (χ3v) is 4.25. The lowest BCUT2D eigenvalue weighted by Gasteiger charge is -2.24. The van der Waals surface area contributed by atoms with Gasteiger partial charge in [-0.1, -0.05) is 0 Å². The molecular formula is C10H16N4S. The van der Waals surface area contributed by atoms with E-state index in [4.69, 9.17) is 0 Å². The minimum absolute atomic E-state index is 0.683. The van der Waals surface area contributed by atoms with Gasteiger partial charge in [-0.05, 0) is 32.2 Å². The predicted octanol–water partition coefficient (Wildman–Crippen LogP) is 1.03. The first kappa shape index (κ1) is 9.54. The Balaban J connectivity index is 1.74. The van der Waals surface area contributed by atoms with E-state index < -0.39 is 0 Å². The van der Waals surface area contributed by atoms with Gasteiger partial charge in [-0.15, -0.1) is 0 Å². The summed E-state index contributed by atoms with van der Waals surface area (Å²) < 4.78 is 4.25. The molecule has 0 aliphatic carbocycles. The number of aromatic nitrogens is 2. The zero-order chi connectivity index (χ0) is 10.3. The van der Waals surface area contributed by atoms with Crippen molar-refractivity contribution in [3.8, 4) is 0 Å². The molecule has 0 aromatic carbocycles. The highest BCUT2D eigenvalue weighted by Crippen LogP contribution is 2.29. The van der Waals surface area contributed by atoms with E-state index in [2.05, 4.69) is 19.6 Å². The predicted molar refractivity (Wildman–Crippen MR) is 61.4 cm³/mol. The van der Waals surface area contributed by atoms with Crippen LogP contribution in [0.3, 0.4) is 0 Å². The van der Waals surface area contributed by atoms with E-state index in [1.165, 1.54) is 30.9 Å². The lowest BCUT2D eigenvalue weighted by molar-refractivity contribution is 0.340. The molecule has 2 aliphatic heterocycles. The number of nitrogens with one attached hydrogen (secondary N) is 1. The summed E-state index contributed by atoms with van der Waals surface area (Å²) in [6, 6.07) is 0.683. The number of rotatable bonds is 1. The molecule has 2 fully saturated rings. The smallest absolute Gasteiger partial charge is 0.205 e. The molecule has 2 saturated heterocycles. The Hall–Kier alpha value is -0.680. The fraction of sp³-hybridized carbons (Fsp3) is 0.800. The second-order valence-electron chi connectivity index (χ2n) is 4.49. The van der Waals surface area contributed by atoms with Crippen LogP contribution in [0.2, 0.25) is 0 Å². The molecule has 1 N–H and O–H groups in total. The van der Waals surface area contributed by atoms with Gasteiger partial charge in [-0.3, -0.25) is 0 Å². The first-order valence-electron chi connectivity index (χ1n) is 5.61. The normalized spacial score (nSPS) is 30.6. The number of nitrogens with zero attached hydrogens (tertiary/aromatic N) is 3. The van der Waals surface area contributed by atoms with Crippen LogP contribution in [0, 0.1) is 12.8 Å². The molecule has 2 atom stereocenters. The Kier molecular flexibility index (Phi) is 2.36. The van der Waals surface area contributed by atoms with Crippen LogP contribution in [0.4, 0.5) is 5.13 Å². The van der Waals surface area contributed by atoms with Crippen molar-refractivity contribution in [3.05, 3.63) is 5.82 Å². The van der Waals surface area contributed by atoms with Gasteiger partial charge in [-0.2, -0.15) is 4.37 Å². The van der Waals surface area contributed by atoms with Gasteiger partial charge in [0, 0.05) is 30.7 Å². The molecule has 3 rings (SSSR count). The summed E-state index contributed by atoms with van der Waals surface area (Å²) >= 11 is 1.53. The van der Waals surface area contributed by atoms with Gasteiger partial charge in [0.15, 0.2) is 0 Å². The second-order valence-corrected chi connectivity index (χ2v) is 5.22. The van der Waals surface area contributed by atoms with Gasteiger partial charge >= 0.3 is 0 Å². The number of piperidine rings is 1. The molecule has 15 heavy (non-hydrogen) atoms. The van der Waals surface area contributed by atoms with Crippen LogP contribution in [0.15, 0.2) is 0 Å². The summed E-state index contributed by atoms with van der Waals surface area (Å²) in [5.74, 6) is 1.72. The average Bonchev–Trinajstić information content (AvgIpc) is 2.82. The lowest BCUT2D eigenvalue weighted by atomic mass is 9.94. The summed E-state index contributed by atoms with van der Waals surface area (Å²) in [5.41, 5.74) is 0. The second kappa shape index (κ2) is 3.72. The molecule has 1 aromatic heterocycles. The maximum absolute atomic E-state index is 4.46. The van der Waals surface area contributed by atoms with Crippen molar-refractivity contribution in [1.29, 1.82) is 0 Å². The van der Waals surface area contributed by atoms with Crippen molar-refractivity contribution in [2.75, 3.05) is 24.5 Å². The lowest BCUT2D eigenvalue weighted by Crippen LogP contribution is -2.40. The number of fused-ring (bicyclic) bond motifs is 1. The zero-order valence-electron chi connectivity index (χ0n) is 8.94. The molecule has 0 spiro atoms. The van der Waals surface area contributed by atoms with Crippen molar-refractivity contribution >= 4 is 16.7 Å². The number of anilines is 1. The Morgan fingerprint density at radius 3 is 3.13 bits per heavy atom. The summed E-state index contributed by atoms with van der Waals surface area (Å²) in [6.45, 7) is 5.41. The number of hydrogen-bond acceptors (Lipinski definition) is 5. The quantitative estimate of drug-likeness (QED) is 0.773. The Morgan fingerprint density at radius 1 is 1.47 bits per heavy atom. The minimum Gasteiger partial charge on any atom is -0.345 e.